The molecule has 1 aromatic carbocycles. The predicted octanol–water partition coefficient (Wildman–Crippen LogP) is 5.00. The van der Waals surface area contributed by atoms with Crippen molar-refractivity contribution < 1.29 is 14.3 Å². The third-order valence-corrected chi connectivity index (χ3v) is 10.6. The molecule has 1 rings (SSSR count). The number of hydrogen-bond donors (Lipinski definition) is 1. The van der Waals surface area contributed by atoms with Crippen LogP contribution in [-0.2, 0) is 9.22 Å². The van der Waals surface area contributed by atoms with E-state index >= 15 is 0 Å². The van der Waals surface area contributed by atoms with Gasteiger partial charge < -0.3 is 14.4 Å². The Bertz CT molecular complexity index is 597. The minimum Gasteiger partial charge on any atom is -0.414 e. The molecule has 0 aliphatic carbocycles. The maximum absolute atomic E-state index is 12.9. The van der Waals surface area contributed by atoms with Gasteiger partial charge in [0.05, 0.1) is 12.1 Å². The Hall–Kier alpha value is -1.17. The third-order valence-electron chi connectivity index (χ3n) is 5.97. The summed E-state index contributed by atoms with van der Waals surface area (Å²) in [6.45, 7) is 17.0. The van der Waals surface area contributed by atoms with E-state index < -0.39 is 14.4 Å². The lowest BCUT2D eigenvalue weighted by molar-refractivity contribution is -0.138. The van der Waals surface area contributed by atoms with Crippen molar-refractivity contribution in [1.29, 1.82) is 0 Å². The number of benzene rings is 1. The molecule has 0 saturated heterocycles. The van der Waals surface area contributed by atoms with Crippen molar-refractivity contribution in [2.45, 2.75) is 84.3 Å². The van der Waals surface area contributed by atoms with Crippen LogP contribution in [0, 0.1) is 5.92 Å². The van der Waals surface area contributed by atoms with E-state index in [9.17, 15) is 9.90 Å². The van der Waals surface area contributed by atoms with E-state index in [0.29, 0.717) is 6.42 Å². The van der Waals surface area contributed by atoms with Crippen molar-refractivity contribution in [2.75, 3.05) is 7.05 Å². The standard InChI is InChI=1S/C22H39NO3Si/c1-16(15-17(2)26-27(8,9)22(4,5)6)21(25)23(7)18(3)20(24)19-13-11-10-12-14-19/h10-14,16-18,20,24H,15H2,1-9H3/t16-,17-,18+,20-/m1/s1. The highest BCUT2D eigenvalue weighted by atomic mass is 28.4. The van der Waals surface area contributed by atoms with Crippen LogP contribution in [0.4, 0.5) is 0 Å². The molecule has 0 unspecified atom stereocenters. The van der Waals surface area contributed by atoms with Crippen LogP contribution in [0.1, 0.15) is 59.6 Å². The first-order valence-electron chi connectivity index (χ1n) is 9.95. The van der Waals surface area contributed by atoms with Crippen molar-refractivity contribution >= 4 is 14.2 Å². The van der Waals surface area contributed by atoms with Crippen molar-refractivity contribution in [2.24, 2.45) is 5.92 Å². The number of carbonyl (C=O) groups is 1. The van der Waals surface area contributed by atoms with Gasteiger partial charge in [0.25, 0.3) is 0 Å². The topological polar surface area (TPSA) is 49.8 Å². The number of likely N-dealkylation sites (N-methyl/N-ethyl adjacent to an activating group) is 1. The molecule has 0 aliphatic heterocycles. The molecule has 0 heterocycles. The number of amides is 1. The van der Waals surface area contributed by atoms with Crippen molar-refractivity contribution in [1.82, 2.24) is 4.90 Å². The first-order chi connectivity index (χ1) is 12.3. The van der Waals surface area contributed by atoms with Gasteiger partial charge in [0.15, 0.2) is 8.32 Å². The summed E-state index contributed by atoms with van der Waals surface area (Å²) in [7, 11) is -0.0726. The Morgan fingerprint density at radius 2 is 1.67 bits per heavy atom. The second kappa shape index (κ2) is 9.35. The minimum atomic E-state index is -1.85. The van der Waals surface area contributed by atoms with Crippen LogP contribution < -0.4 is 0 Å². The van der Waals surface area contributed by atoms with Crippen LogP contribution in [0.15, 0.2) is 30.3 Å². The number of aliphatic hydroxyl groups excluding tert-OH is 1. The molecule has 5 heteroatoms. The van der Waals surface area contributed by atoms with Gasteiger partial charge in [-0.1, -0.05) is 58.0 Å². The molecule has 4 atom stereocenters. The smallest absolute Gasteiger partial charge is 0.225 e. The maximum Gasteiger partial charge on any atom is 0.225 e. The zero-order valence-electron chi connectivity index (χ0n) is 18.6. The van der Waals surface area contributed by atoms with Crippen LogP contribution in [-0.4, -0.2) is 43.4 Å². The van der Waals surface area contributed by atoms with Crippen LogP contribution in [0.5, 0.6) is 0 Å². The summed E-state index contributed by atoms with van der Waals surface area (Å²) in [5.74, 6) is -0.108. The molecule has 0 saturated carbocycles. The summed E-state index contributed by atoms with van der Waals surface area (Å²) in [6.07, 6.45) is 0.0185. The van der Waals surface area contributed by atoms with Crippen LogP contribution in [0.2, 0.25) is 18.1 Å². The molecule has 0 radical (unpaired) electrons. The number of rotatable bonds is 8. The second-order valence-electron chi connectivity index (χ2n) is 9.37. The summed E-state index contributed by atoms with van der Waals surface area (Å²) in [4.78, 5) is 14.6. The molecule has 4 nitrogen and oxygen atoms in total. The Kier molecular flexibility index (Phi) is 8.26. The normalized spacial score (nSPS) is 17.1. The Morgan fingerprint density at radius 1 is 1.15 bits per heavy atom. The van der Waals surface area contributed by atoms with Gasteiger partial charge >= 0.3 is 0 Å². The average molecular weight is 394 g/mol. The van der Waals surface area contributed by atoms with Crippen LogP contribution in [0.25, 0.3) is 0 Å². The molecule has 154 valence electrons. The van der Waals surface area contributed by atoms with Crippen molar-refractivity contribution in [3.63, 3.8) is 0 Å². The summed E-state index contributed by atoms with van der Waals surface area (Å²) >= 11 is 0. The zero-order valence-corrected chi connectivity index (χ0v) is 19.6. The second-order valence-corrected chi connectivity index (χ2v) is 14.1. The van der Waals surface area contributed by atoms with E-state index in [1.807, 2.05) is 44.2 Å². The number of carbonyl (C=O) groups excluding carboxylic acids is 1. The predicted molar refractivity (Wildman–Crippen MR) is 115 cm³/mol. The quantitative estimate of drug-likeness (QED) is 0.632. The van der Waals surface area contributed by atoms with Crippen molar-refractivity contribution in [3.05, 3.63) is 35.9 Å². The molecule has 1 aromatic rings. The zero-order chi connectivity index (χ0) is 21.0. The van der Waals surface area contributed by atoms with E-state index in [1.165, 1.54) is 0 Å². The van der Waals surface area contributed by atoms with E-state index in [1.54, 1.807) is 11.9 Å². The third kappa shape index (κ3) is 6.44. The van der Waals surface area contributed by atoms with E-state index in [0.717, 1.165) is 5.56 Å². The van der Waals surface area contributed by atoms with E-state index in [2.05, 4.69) is 40.8 Å². The van der Waals surface area contributed by atoms with Gasteiger partial charge in [-0.3, -0.25) is 4.79 Å². The highest BCUT2D eigenvalue weighted by Crippen LogP contribution is 2.38. The molecule has 0 spiro atoms. The fourth-order valence-electron chi connectivity index (χ4n) is 3.02. The highest BCUT2D eigenvalue weighted by molar-refractivity contribution is 6.74. The average Bonchev–Trinajstić information content (AvgIpc) is 2.58. The van der Waals surface area contributed by atoms with E-state index in [-0.39, 0.29) is 29.0 Å². The molecule has 0 bridgehead atoms. The largest absolute Gasteiger partial charge is 0.414 e. The fraction of sp³-hybridized carbons (Fsp3) is 0.682. The van der Waals surface area contributed by atoms with Gasteiger partial charge in [-0.2, -0.15) is 0 Å². The first-order valence-corrected chi connectivity index (χ1v) is 12.9. The van der Waals surface area contributed by atoms with Gasteiger partial charge in [0.1, 0.15) is 0 Å². The lowest BCUT2D eigenvalue weighted by Crippen LogP contribution is -2.45. The van der Waals surface area contributed by atoms with Crippen LogP contribution >= 0.6 is 0 Å². The summed E-state index contributed by atoms with van der Waals surface area (Å²) in [5.41, 5.74) is 0.826. The van der Waals surface area contributed by atoms with Gasteiger partial charge in [0, 0.05) is 19.1 Å². The SMILES string of the molecule is C[C@H](C[C@@H](C)C(=O)N(C)[C@@H](C)[C@@H](O)c1ccccc1)O[Si](C)(C)C(C)(C)C. The number of hydrogen-bond acceptors (Lipinski definition) is 3. The molecular formula is C22H39NO3Si. The maximum atomic E-state index is 12.9. The van der Waals surface area contributed by atoms with Crippen LogP contribution in [0.3, 0.4) is 0 Å². The molecular weight excluding hydrogens is 354 g/mol. The lowest BCUT2D eigenvalue weighted by Gasteiger charge is -2.39. The van der Waals surface area contributed by atoms with Gasteiger partial charge in [-0.05, 0) is 44.0 Å². The molecule has 0 aromatic heterocycles. The molecule has 0 aliphatic rings. The molecule has 1 N–H and O–H groups in total. The first kappa shape index (κ1) is 23.9. The lowest BCUT2D eigenvalue weighted by atomic mass is 9.99. The Labute approximate surface area is 167 Å². The summed E-state index contributed by atoms with van der Waals surface area (Å²) in [5, 5.41) is 10.8. The summed E-state index contributed by atoms with van der Waals surface area (Å²) < 4.78 is 6.40. The van der Waals surface area contributed by atoms with Gasteiger partial charge in [-0.25, -0.2) is 0 Å². The molecule has 1 amide bonds. The Morgan fingerprint density at radius 3 is 2.15 bits per heavy atom. The van der Waals surface area contributed by atoms with E-state index in [4.69, 9.17) is 4.43 Å². The molecule has 27 heavy (non-hydrogen) atoms. The van der Waals surface area contributed by atoms with Gasteiger partial charge in [-0.15, -0.1) is 0 Å². The molecule has 0 fully saturated rings. The summed E-state index contributed by atoms with van der Waals surface area (Å²) in [6, 6.07) is 9.20. The number of aliphatic hydroxyl groups is 1. The minimum absolute atomic E-state index is 0.0348. The van der Waals surface area contributed by atoms with Gasteiger partial charge in [0.2, 0.25) is 5.91 Å². The Balaban J connectivity index is 2.69. The number of nitrogens with zero attached hydrogens (tertiary/aromatic N) is 1. The fourth-order valence-corrected chi connectivity index (χ4v) is 4.47. The monoisotopic (exact) mass is 393 g/mol. The van der Waals surface area contributed by atoms with Crippen molar-refractivity contribution in [3.8, 4) is 0 Å². The highest BCUT2D eigenvalue weighted by Gasteiger charge is 2.39.